The Labute approximate surface area is 151 Å². The van der Waals surface area contributed by atoms with E-state index in [0.29, 0.717) is 0 Å². The maximum atomic E-state index is 14.4. The van der Waals surface area contributed by atoms with Crippen LogP contribution in [0.4, 0.5) is 13.2 Å². The number of benzene rings is 1. The Hall–Kier alpha value is -3.35. The molecule has 0 spiro atoms. The number of rotatable bonds is 3. The van der Waals surface area contributed by atoms with Crippen molar-refractivity contribution in [2.75, 3.05) is 13.7 Å². The predicted molar refractivity (Wildman–Crippen MR) is 86.7 cm³/mol. The highest BCUT2D eigenvalue weighted by Crippen LogP contribution is 2.55. The van der Waals surface area contributed by atoms with Crippen LogP contribution in [-0.2, 0) is 14.9 Å². The van der Waals surface area contributed by atoms with Crippen molar-refractivity contribution in [3.8, 4) is 17.7 Å². The molecule has 1 aromatic carbocycles. The number of nitrogens with zero attached hydrogens (tertiary/aromatic N) is 1. The van der Waals surface area contributed by atoms with E-state index < -0.39 is 34.6 Å². The van der Waals surface area contributed by atoms with Gasteiger partial charge in [-0.1, -0.05) is 0 Å². The number of alkyl halides is 3. The van der Waals surface area contributed by atoms with Crippen molar-refractivity contribution < 1.29 is 32.2 Å². The molecule has 142 valence electrons. The standard InChI is InChI=1S/C17H14F3N3O4/c1-3-26-15(24)16(17(18,19)20)10(7-21)13(22)27-14-12(16)9-6-8(25-2)4-5-11(9)23-14/h4-6,23H,3,22H2,1-2H3/t16-/m1/s1. The third-order valence-corrected chi connectivity index (χ3v) is 4.30. The quantitative estimate of drug-likeness (QED) is 0.791. The van der Waals surface area contributed by atoms with E-state index in [9.17, 15) is 23.2 Å². The second-order valence-corrected chi connectivity index (χ2v) is 5.66. The fourth-order valence-corrected chi connectivity index (χ4v) is 3.17. The minimum Gasteiger partial charge on any atom is -0.497 e. The first kappa shape index (κ1) is 18.4. The van der Waals surface area contributed by atoms with Crippen molar-refractivity contribution >= 4 is 16.9 Å². The molecular formula is C17H14F3N3O4. The molecule has 7 nitrogen and oxygen atoms in total. The highest BCUT2D eigenvalue weighted by molar-refractivity contribution is 6.00. The summed E-state index contributed by atoms with van der Waals surface area (Å²) in [6.45, 7) is 1.04. The van der Waals surface area contributed by atoms with Gasteiger partial charge in [-0.15, -0.1) is 0 Å². The first-order chi connectivity index (χ1) is 12.7. The van der Waals surface area contributed by atoms with Crippen LogP contribution in [0.15, 0.2) is 29.7 Å². The van der Waals surface area contributed by atoms with E-state index >= 15 is 0 Å². The number of ether oxygens (including phenoxy) is 3. The molecule has 0 saturated heterocycles. The minimum absolute atomic E-state index is 0.00465. The first-order valence-electron chi connectivity index (χ1n) is 7.74. The van der Waals surface area contributed by atoms with Crippen LogP contribution in [0.5, 0.6) is 11.6 Å². The summed E-state index contributed by atoms with van der Waals surface area (Å²) in [4.78, 5) is 15.3. The largest absolute Gasteiger partial charge is 0.497 e. The number of nitrogens with one attached hydrogen (secondary N) is 1. The SMILES string of the molecule is CCOC(=O)[C@@]1(C(F)(F)F)C(C#N)=C(N)Oc2[nH]c3ccc(OC)cc3c21. The van der Waals surface area contributed by atoms with Gasteiger partial charge in [0, 0.05) is 10.9 Å². The van der Waals surface area contributed by atoms with Crippen molar-refractivity contribution in [2.45, 2.75) is 18.5 Å². The van der Waals surface area contributed by atoms with Gasteiger partial charge in [-0.2, -0.15) is 18.4 Å². The number of carbonyl (C=O) groups is 1. The first-order valence-corrected chi connectivity index (χ1v) is 7.74. The highest BCUT2D eigenvalue weighted by atomic mass is 19.4. The minimum atomic E-state index is -5.23. The number of hydrogen-bond acceptors (Lipinski definition) is 6. The van der Waals surface area contributed by atoms with Crippen molar-refractivity contribution in [1.82, 2.24) is 4.98 Å². The summed E-state index contributed by atoms with van der Waals surface area (Å²) in [5.41, 5.74) is 0.713. The molecule has 2 heterocycles. The Kier molecular flexibility index (Phi) is 4.18. The molecule has 0 amide bonds. The molecule has 1 aliphatic rings. The molecule has 3 rings (SSSR count). The summed E-state index contributed by atoms with van der Waals surface area (Å²) in [5, 5.41) is 9.40. The molecule has 3 N–H and O–H groups in total. The second kappa shape index (κ2) is 6.12. The zero-order chi connectivity index (χ0) is 20.0. The van der Waals surface area contributed by atoms with Crippen molar-refractivity contribution in [2.24, 2.45) is 5.73 Å². The number of methoxy groups -OCH3 is 1. The molecule has 0 aliphatic carbocycles. The summed E-state index contributed by atoms with van der Waals surface area (Å²) in [6, 6.07) is 5.67. The van der Waals surface area contributed by atoms with Gasteiger partial charge in [-0.25, -0.2) is 0 Å². The molecule has 10 heteroatoms. The molecule has 0 saturated carbocycles. The van der Waals surface area contributed by atoms with E-state index in [1.807, 2.05) is 0 Å². The number of halogens is 3. The van der Waals surface area contributed by atoms with Gasteiger partial charge in [-0.3, -0.25) is 4.79 Å². The van der Waals surface area contributed by atoms with Crippen LogP contribution in [-0.4, -0.2) is 30.8 Å². The normalized spacial score (nSPS) is 19.3. The van der Waals surface area contributed by atoms with Crippen LogP contribution >= 0.6 is 0 Å². The van der Waals surface area contributed by atoms with E-state index in [2.05, 4.69) is 4.98 Å². The second-order valence-electron chi connectivity index (χ2n) is 5.66. The monoisotopic (exact) mass is 381 g/mol. The molecule has 0 radical (unpaired) electrons. The molecular weight excluding hydrogens is 367 g/mol. The van der Waals surface area contributed by atoms with Gasteiger partial charge < -0.3 is 24.9 Å². The molecule has 0 unspecified atom stereocenters. The molecule has 1 aliphatic heterocycles. The molecule has 0 fully saturated rings. The van der Waals surface area contributed by atoms with Gasteiger partial charge in [0.1, 0.15) is 17.4 Å². The predicted octanol–water partition coefficient (Wildman–Crippen LogP) is 2.63. The van der Waals surface area contributed by atoms with E-state index in [0.717, 1.165) is 0 Å². The number of esters is 1. The van der Waals surface area contributed by atoms with E-state index in [1.54, 1.807) is 0 Å². The van der Waals surface area contributed by atoms with E-state index in [-0.39, 0.29) is 29.1 Å². The fourth-order valence-electron chi connectivity index (χ4n) is 3.17. The van der Waals surface area contributed by atoms with Gasteiger partial charge in [0.05, 0.1) is 19.3 Å². The van der Waals surface area contributed by atoms with Crippen LogP contribution in [0, 0.1) is 11.3 Å². The smallest absolute Gasteiger partial charge is 0.414 e. The summed E-state index contributed by atoms with van der Waals surface area (Å²) in [6.07, 6.45) is -5.23. The molecule has 1 atom stereocenters. The van der Waals surface area contributed by atoms with Crippen LogP contribution in [0.25, 0.3) is 10.9 Å². The molecule has 27 heavy (non-hydrogen) atoms. The van der Waals surface area contributed by atoms with Crippen molar-refractivity contribution in [1.29, 1.82) is 5.26 Å². The van der Waals surface area contributed by atoms with Crippen molar-refractivity contribution in [3.63, 3.8) is 0 Å². The number of nitrogens with two attached hydrogens (primary N) is 1. The van der Waals surface area contributed by atoms with Gasteiger partial charge >= 0.3 is 12.1 Å². The molecule has 1 aromatic heterocycles. The maximum absolute atomic E-state index is 14.4. The van der Waals surface area contributed by atoms with Crippen LogP contribution < -0.4 is 15.2 Å². The third kappa shape index (κ3) is 2.38. The van der Waals surface area contributed by atoms with Gasteiger partial charge in [0.25, 0.3) is 0 Å². The fraction of sp³-hybridized carbons (Fsp3) is 0.294. The number of aromatic amines is 1. The summed E-state index contributed by atoms with van der Waals surface area (Å²) < 4.78 is 58.2. The number of nitriles is 1. The molecule has 0 bridgehead atoms. The summed E-state index contributed by atoms with van der Waals surface area (Å²) >= 11 is 0. The van der Waals surface area contributed by atoms with Crippen LogP contribution in [0.3, 0.4) is 0 Å². The van der Waals surface area contributed by atoms with E-state index in [1.165, 1.54) is 38.3 Å². The number of H-pyrrole nitrogens is 1. The zero-order valence-corrected chi connectivity index (χ0v) is 14.2. The zero-order valence-electron chi connectivity index (χ0n) is 14.2. The average molecular weight is 381 g/mol. The Morgan fingerprint density at radius 2 is 2.15 bits per heavy atom. The summed E-state index contributed by atoms with van der Waals surface area (Å²) in [5.74, 6) is -2.62. The lowest BCUT2D eigenvalue weighted by atomic mass is 9.72. The number of carbonyl (C=O) groups excluding carboxylic acids is 1. The Morgan fingerprint density at radius 1 is 1.44 bits per heavy atom. The van der Waals surface area contributed by atoms with Gasteiger partial charge in [-0.05, 0) is 25.1 Å². The average Bonchev–Trinajstić information content (AvgIpc) is 2.96. The lowest BCUT2D eigenvalue weighted by Gasteiger charge is -2.36. The topological polar surface area (TPSA) is 110 Å². The highest BCUT2D eigenvalue weighted by Gasteiger charge is 2.70. The number of hydrogen-bond donors (Lipinski definition) is 2. The lowest BCUT2D eigenvalue weighted by molar-refractivity contribution is -0.201. The summed E-state index contributed by atoms with van der Waals surface area (Å²) in [7, 11) is 1.34. The Morgan fingerprint density at radius 3 is 2.70 bits per heavy atom. The van der Waals surface area contributed by atoms with Crippen LogP contribution in [0.1, 0.15) is 12.5 Å². The third-order valence-electron chi connectivity index (χ3n) is 4.30. The lowest BCUT2D eigenvalue weighted by Crippen LogP contribution is -2.54. The number of fused-ring (bicyclic) bond motifs is 3. The molecule has 2 aromatic rings. The maximum Gasteiger partial charge on any atom is 0.414 e. The van der Waals surface area contributed by atoms with Crippen molar-refractivity contribution in [3.05, 3.63) is 35.2 Å². The Balaban J connectivity index is 2.50. The Bertz CT molecular complexity index is 1000. The van der Waals surface area contributed by atoms with Gasteiger partial charge in [0.2, 0.25) is 17.2 Å². The van der Waals surface area contributed by atoms with E-state index in [4.69, 9.17) is 19.9 Å². The van der Waals surface area contributed by atoms with Gasteiger partial charge in [0.15, 0.2) is 0 Å². The number of aromatic nitrogens is 1. The van der Waals surface area contributed by atoms with Crippen LogP contribution in [0.2, 0.25) is 0 Å².